The van der Waals surface area contributed by atoms with Crippen molar-refractivity contribution in [2.24, 2.45) is 0 Å². The van der Waals surface area contributed by atoms with Crippen LogP contribution in [0.2, 0.25) is 0 Å². The molecule has 0 amide bonds. The number of aromatic carboxylic acids is 1. The van der Waals surface area contributed by atoms with Crippen LogP contribution in [-0.4, -0.2) is 11.1 Å². The van der Waals surface area contributed by atoms with Crippen molar-refractivity contribution in [2.45, 2.75) is 52.4 Å². The van der Waals surface area contributed by atoms with E-state index in [1.807, 2.05) is 97.1 Å². The highest BCUT2D eigenvalue weighted by Crippen LogP contribution is 2.47. The summed E-state index contributed by atoms with van der Waals surface area (Å²) in [5.41, 5.74) is 12.6. The Morgan fingerprint density at radius 3 is 1.38 bits per heavy atom. The fourth-order valence-electron chi connectivity index (χ4n) is 9.37. The number of benzene rings is 8. The maximum Gasteiger partial charge on any atom is 0.336 e. The minimum atomic E-state index is -0.986. The van der Waals surface area contributed by atoms with Crippen molar-refractivity contribution < 1.29 is 27.6 Å². The Morgan fingerprint density at radius 1 is 0.462 bits per heavy atom. The molecule has 12 rings (SSSR count). The molecule has 0 aliphatic heterocycles. The lowest BCUT2D eigenvalue weighted by molar-refractivity contribution is 0.0698. The van der Waals surface area contributed by atoms with Gasteiger partial charge in [0.2, 0.25) is 0 Å². The number of furan rings is 4. The van der Waals surface area contributed by atoms with Gasteiger partial charge < -0.3 is 22.8 Å². The molecule has 0 saturated carbocycles. The van der Waals surface area contributed by atoms with Crippen molar-refractivity contribution in [3.63, 3.8) is 0 Å². The fourth-order valence-corrected chi connectivity index (χ4v) is 9.37. The summed E-state index contributed by atoms with van der Waals surface area (Å²) < 4.78 is 24.9. The third-order valence-corrected chi connectivity index (χ3v) is 12.7. The molecule has 0 atom stereocenters. The van der Waals surface area contributed by atoms with Gasteiger partial charge in [-0.05, 0) is 76.6 Å². The Labute approximate surface area is 373 Å². The van der Waals surface area contributed by atoms with Crippen LogP contribution in [0.4, 0.5) is 5.69 Å². The highest BCUT2D eigenvalue weighted by molar-refractivity contribution is 6.22. The van der Waals surface area contributed by atoms with Crippen molar-refractivity contribution >= 4 is 99.4 Å². The third kappa shape index (κ3) is 6.36. The average Bonchev–Trinajstić information content (AvgIpc) is 4.07. The second-order valence-electron chi connectivity index (χ2n) is 18.8. The van der Waals surface area contributed by atoms with Crippen LogP contribution < -0.4 is 0 Å². The van der Waals surface area contributed by atoms with E-state index in [0.717, 1.165) is 93.3 Å². The fraction of sp³-hybridized carbons (Fsp3) is 0.138. The lowest BCUT2D eigenvalue weighted by Crippen LogP contribution is -2.10. The van der Waals surface area contributed by atoms with Gasteiger partial charge in [-0.3, -0.25) is 0 Å². The van der Waals surface area contributed by atoms with Gasteiger partial charge in [0.1, 0.15) is 44.7 Å². The number of rotatable bonds is 3. The van der Waals surface area contributed by atoms with Gasteiger partial charge >= 0.3 is 5.97 Å². The molecular weight excluding hydrogens is 807 g/mol. The van der Waals surface area contributed by atoms with Crippen LogP contribution in [0.15, 0.2) is 163 Å². The summed E-state index contributed by atoms with van der Waals surface area (Å²) in [6.07, 6.45) is 0. The third-order valence-electron chi connectivity index (χ3n) is 12.7. The van der Waals surface area contributed by atoms with E-state index in [4.69, 9.17) is 24.2 Å². The molecule has 7 heteroatoms. The van der Waals surface area contributed by atoms with Gasteiger partial charge in [-0.15, -0.1) is 0 Å². The lowest BCUT2D eigenvalue weighted by atomic mass is 9.86. The number of fused-ring (bicyclic) bond motifs is 12. The Kier molecular flexibility index (Phi) is 8.86. The molecule has 0 fully saturated rings. The smallest absolute Gasteiger partial charge is 0.336 e. The molecule has 1 N–H and O–H groups in total. The molecule has 0 aliphatic rings. The molecule has 0 unspecified atom stereocenters. The number of carboxylic acids is 1. The number of carboxylic acid groups (broad SMARTS) is 1. The predicted molar refractivity (Wildman–Crippen MR) is 263 cm³/mol. The summed E-state index contributed by atoms with van der Waals surface area (Å²) in [5.74, 6) is -0.986. The number of hydrogen-bond acceptors (Lipinski definition) is 5. The molecule has 0 bridgehead atoms. The largest absolute Gasteiger partial charge is 0.478 e. The SMILES string of the molecule is CC(C)(C)c1ccc2oc3c(-c4c(C(=O)O)ccc5oc6ccccc6c45)cccc3c2c1.[C-]#[N+]c1ccc2oc3ccccc3c2c1-c1cccc2c1oc1ccc(C(C)(C)C)cc12. The topological polar surface area (TPSA) is 94.2 Å². The van der Waals surface area contributed by atoms with Crippen LogP contribution in [0.1, 0.15) is 63.0 Å². The maximum absolute atomic E-state index is 12.3. The van der Waals surface area contributed by atoms with E-state index in [0.29, 0.717) is 22.4 Å². The van der Waals surface area contributed by atoms with Gasteiger partial charge in [0.25, 0.3) is 0 Å². The first-order valence-corrected chi connectivity index (χ1v) is 21.7. The summed E-state index contributed by atoms with van der Waals surface area (Å²) in [6, 6.07) is 47.6. The molecule has 4 aromatic heterocycles. The molecule has 4 heterocycles. The van der Waals surface area contributed by atoms with Crippen molar-refractivity contribution in [3.8, 4) is 22.3 Å². The zero-order valence-electron chi connectivity index (χ0n) is 36.8. The molecule has 7 nitrogen and oxygen atoms in total. The predicted octanol–water partition coefficient (Wildman–Crippen LogP) is 17.1. The van der Waals surface area contributed by atoms with Gasteiger partial charge in [-0.25, -0.2) is 9.64 Å². The molecule has 0 aliphatic carbocycles. The highest BCUT2D eigenvalue weighted by atomic mass is 16.4. The van der Waals surface area contributed by atoms with Crippen molar-refractivity contribution in [3.05, 3.63) is 174 Å². The summed E-state index contributed by atoms with van der Waals surface area (Å²) in [5, 5.41) is 17.9. The Balaban J connectivity index is 0.000000144. The molecule has 65 heavy (non-hydrogen) atoms. The quantitative estimate of drug-likeness (QED) is 0.178. The van der Waals surface area contributed by atoms with E-state index >= 15 is 0 Å². The summed E-state index contributed by atoms with van der Waals surface area (Å²) in [7, 11) is 0. The van der Waals surface area contributed by atoms with E-state index in [-0.39, 0.29) is 16.4 Å². The van der Waals surface area contributed by atoms with Crippen molar-refractivity contribution in [1.29, 1.82) is 0 Å². The van der Waals surface area contributed by atoms with Crippen LogP contribution in [0.5, 0.6) is 0 Å². The normalized spacial score (nSPS) is 12.3. The number of para-hydroxylation sites is 4. The van der Waals surface area contributed by atoms with Crippen LogP contribution in [0.3, 0.4) is 0 Å². The Bertz CT molecular complexity index is 3960. The van der Waals surface area contributed by atoms with E-state index in [1.165, 1.54) is 11.1 Å². The second-order valence-corrected chi connectivity index (χ2v) is 18.8. The lowest BCUT2D eigenvalue weighted by Gasteiger charge is -2.18. The summed E-state index contributed by atoms with van der Waals surface area (Å²) >= 11 is 0. The van der Waals surface area contributed by atoms with Gasteiger partial charge in [0.05, 0.1) is 12.1 Å². The molecule has 8 aromatic carbocycles. The van der Waals surface area contributed by atoms with E-state index in [2.05, 4.69) is 82.8 Å². The van der Waals surface area contributed by atoms with Crippen molar-refractivity contribution in [1.82, 2.24) is 0 Å². The Morgan fingerprint density at radius 2 is 0.892 bits per heavy atom. The monoisotopic (exact) mass is 849 g/mol. The minimum absolute atomic E-state index is 0.00712. The van der Waals surface area contributed by atoms with E-state index in [1.54, 1.807) is 12.1 Å². The van der Waals surface area contributed by atoms with Crippen LogP contribution in [0, 0.1) is 6.57 Å². The zero-order chi connectivity index (χ0) is 44.9. The standard InChI is InChI=1S/C29H21NO2.C29H22O4/c1-29(2,3)17-12-14-24-21(16-17)18-9-7-10-20(28(18)32-24)26-22(30-4)13-15-25-27(26)19-8-5-6-11-23(19)31-25;1-29(2,3)16-11-13-23-21(15-16)17-8-6-9-19(27(17)33-23)25-20(28(30)31)12-14-24-26(25)18-7-4-5-10-22(18)32-24/h5-16H,1-3H3;4-15H,1-3H3,(H,30,31). The number of nitrogens with zero attached hydrogens (tertiary/aromatic N) is 1. The highest BCUT2D eigenvalue weighted by Gasteiger charge is 2.25. The molecule has 0 saturated heterocycles. The first-order valence-electron chi connectivity index (χ1n) is 21.7. The van der Waals surface area contributed by atoms with E-state index < -0.39 is 5.97 Å². The van der Waals surface area contributed by atoms with Crippen LogP contribution >= 0.6 is 0 Å². The van der Waals surface area contributed by atoms with Gasteiger partial charge in [-0.2, -0.15) is 0 Å². The molecule has 0 radical (unpaired) electrons. The summed E-state index contributed by atoms with van der Waals surface area (Å²) in [4.78, 5) is 16.2. The molecule has 316 valence electrons. The molecule has 12 aromatic rings. The average molecular weight is 850 g/mol. The van der Waals surface area contributed by atoms with Crippen molar-refractivity contribution in [2.75, 3.05) is 0 Å². The van der Waals surface area contributed by atoms with Crippen LogP contribution in [-0.2, 0) is 10.8 Å². The maximum atomic E-state index is 12.3. The second kappa shape index (κ2) is 14.5. The van der Waals surface area contributed by atoms with E-state index in [9.17, 15) is 9.90 Å². The van der Waals surface area contributed by atoms with Gasteiger partial charge in [0.15, 0.2) is 5.69 Å². The van der Waals surface area contributed by atoms with Gasteiger partial charge in [-0.1, -0.05) is 133 Å². The Hall–Kier alpha value is -8.08. The number of carbonyl (C=O) groups is 1. The zero-order valence-corrected chi connectivity index (χ0v) is 36.8. The summed E-state index contributed by atoms with van der Waals surface area (Å²) in [6.45, 7) is 21.1. The minimum Gasteiger partial charge on any atom is -0.478 e. The van der Waals surface area contributed by atoms with Crippen LogP contribution in [0.25, 0.3) is 115 Å². The first-order chi connectivity index (χ1) is 31.3. The molecule has 0 spiro atoms. The number of hydrogen-bond donors (Lipinski definition) is 1. The first kappa shape index (κ1) is 39.7. The molecular formula is C58H43NO6. The van der Waals surface area contributed by atoms with Gasteiger partial charge in [0, 0.05) is 65.3 Å².